The molecular formula is C17H16FNO3S. The third-order valence-electron chi connectivity index (χ3n) is 3.18. The lowest BCUT2D eigenvalue weighted by atomic mass is 10.2. The van der Waals surface area contributed by atoms with Gasteiger partial charge in [0.05, 0.1) is 10.6 Å². The Morgan fingerprint density at radius 3 is 2.17 bits per heavy atom. The Morgan fingerprint density at radius 2 is 1.65 bits per heavy atom. The molecule has 2 rings (SSSR count). The molecular weight excluding hydrogens is 317 g/mol. The molecule has 0 N–H and O–H groups in total. The van der Waals surface area contributed by atoms with Crippen molar-refractivity contribution in [3.63, 3.8) is 0 Å². The quantitative estimate of drug-likeness (QED) is 0.806. The minimum absolute atomic E-state index is 0.0102. The molecule has 0 radical (unpaired) electrons. The fraction of sp³-hybridized carbons (Fsp3) is 0.118. The molecule has 0 unspecified atom stereocenters. The third-order valence-corrected chi connectivity index (χ3v) is 4.89. The van der Waals surface area contributed by atoms with Crippen LogP contribution >= 0.6 is 0 Å². The van der Waals surface area contributed by atoms with E-state index in [4.69, 9.17) is 0 Å². The maximum Gasteiger partial charge on any atom is 0.271 e. The molecule has 0 aliphatic rings. The lowest BCUT2D eigenvalue weighted by Crippen LogP contribution is -2.38. The number of benzene rings is 2. The summed E-state index contributed by atoms with van der Waals surface area (Å²) in [6.07, 6.45) is 0. The van der Waals surface area contributed by atoms with Gasteiger partial charge in [-0.05, 0) is 38.1 Å². The summed E-state index contributed by atoms with van der Waals surface area (Å²) in [4.78, 5) is 12.3. The summed E-state index contributed by atoms with van der Waals surface area (Å²) >= 11 is 0. The van der Waals surface area contributed by atoms with Crippen LogP contribution in [0.1, 0.15) is 12.5 Å². The van der Waals surface area contributed by atoms with Crippen LogP contribution < -0.4 is 4.31 Å². The van der Waals surface area contributed by atoms with Gasteiger partial charge in [-0.1, -0.05) is 36.4 Å². The van der Waals surface area contributed by atoms with Gasteiger partial charge in [-0.2, -0.15) is 4.31 Å². The minimum Gasteiger partial charge on any atom is -0.268 e. The molecule has 1 amide bonds. The lowest BCUT2D eigenvalue weighted by Gasteiger charge is -2.23. The van der Waals surface area contributed by atoms with Gasteiger partial charge in [0, 0.05) is 5.57 Å². The van der Waals surface area contributed by atoms with Crippen LogP contribution in [0.4, 0.5) is 10.1 Å². The van der Waals surface area contributed by atoms with Crippen molar-refractivity contribution in [1.82, 2.24) is 0 Å². The van der Waals surface area contributed by atoms with Crippen molar-refractivity contribution in [3.05, 3.63) is 72.1 Å². The number of aryl methyl sites for hydroxylation is 1. The number of halogens is 1. The number of rotatable bonds is 4. The molecule has 0 saturated carbocycles. The summed E-state index contributed by atoms with van der Waals surface area (Å²) in [5, 5.41) is 0. The van der Waals surface area contributed by atoms with Crippen molar-refractivity contribution in [1.29, 1.82) is 0 Å². The summed E-state index contributed by atoms with van der Waals surface area (Å²) < 4.78 is 40.2. The molecule has 0 bridgehead atoms. The highest BCUT2D eigenvalue weighted by Gasteiger charge is 2.32. The molecule has 0 aliphatic carbocycles. The van der Waals surface area contributed by atoms with Crippen LogP contribution in [0, 0.1) is 12.7 Å². The second-order valence-electron chi connectivity index (χ2n) is 5.12. The summed E-state index contributed by atoms with van der Waals surface area (Å²) in [6.45, 7) is 6.66. The maximum atomic E-state index is 14.1. The number of hydrogen-bond donors (Lipinski definition) is 0. The van der Waals surface area contributed by atoms with Gasteiger partial charge in [0.1, 0.15) is 5.82 Å². The van der Waals surface area contributed by atoms with E-state index in [9.17, 15) is 17.6 Å². The number of anilines is 1. The zero-order valence-electron chi connectivity index (χ0n) is 12.8. The first-order valence-corrected chi connectivity index (χ1v) is 8.25. The average molecular weight is 333 g/mol. The molecule has 0 atom stereocenters. The Balaban J connectivity index is 2.67. The van der Waals surface area contributed by atoms with Crippen LogP contribution in [0.15, 0.2) is 65.6 Å². The van der Waals surface area contributed by atoms with Crippen LogP contribution in [0.25, 0.3) is 0 Å². The molecule has 2 aromatic carbocycles. The van der Waals surface area contributed by atoms with Gasteiger partial charge in [-0.15, -0.1) is 0 Å². The number of carbonyl (C=O) groups excluding carboxylic acids is 1. The van der Waals surface area contributed by atoms with Gasteiger partial charge < -0.3 is 0 Å². The van der Waals surface area contributed by atoms with E-state index in [2.05, 4.69) is 6.58 Å². The van der Waals surface area contributed by atoms with Gasteiger partial charge in [0.2, 0.25) is 0 Å². The van der Waals surface area contributed by atoms with E-state index in [0.717, 1.165) is 11.6 Å². The molecule has 120 valence electrons. The van der Waals surface area contributed by atoms with Gasteiger partial charge in [-0.25, -0.2) is 12.8 Å². The second-order valence-corrected chi connectivity index (χ2v) is 6.91. The van der Waals surface area contributed by atoms with Crippen molar-refractivity contribution in [2.75, 3.05) is 4.31 Å². The molecule has 0 spiro atoms. The number of nitrogens with zero attached hydrogens (tertiary/aromatic N) is 1. The zero-order chi connectivity index (χ0) is 17.2. The number of sulfonamides is 1. The van der Waals surface area contributed by atoms with E-state index >= 15 is 0 Å². The molecule has 2 aromatic rings. The number of hydrogen-bond acceptors (Lipinski definition) is 3. The van der Waals surface area contributed by atoms with Crippen molar-refractivity contribution in [3.8, 4) is 0 Å². The topological polar surface area (TPSA) is 54.5 Å². The van der Waals surface area contributed by atoms with Crippen LogP contribution in [-0.2, 0) is 14.8 Å². The summed E-state index contributed by atoms with van der Waals surface area (Å²) in [5.41, 5.74) is 0.526. The van der Waals surface area contributed by atoms with Crippen LogP contribution in [0.3, 0.4) is 0 Å². The largest absolute Gasteiger partial charge is 0.271 e. The normalized spacial score (nSPS) is 11.1. The van der Waals surface area contributed by atoms with Crippen molar-refractivity contribution in [2.45, 2.75) is 18.7 Å². The predicted octanol–water partition coefficient (Wildman–Crippen LogP) is 3.43. The van der Waals surface area contributed by atoms with Gasteiger partial charge in [-0.3, -0.25) is 4.79 Å². The van der Waals surface area contributed by atoms with Crippen molar-refractivity contribution >= 4 is 21.6 Å². The minimum atomic E-state index is -4.25. The SMILES string of the molecule is C=C(C)C(=O)N(c1ccccc1F)S(=O)(=O)c1ccc(C)cc1. The van der Waals surface area contributed by atoms with Crippen molar-refractivity contribution in [2.24, 2.45) is 0 Å². The Labute approximate surface area is 134 Å². The molecule has 0 aromatic heterocycles. The predicted molar refractivity (Wildman–Crippen MR) is 87.1 cm³/mol. The molecule has 23 heavy (non-hydrogen) atoms. The highest BCUT2D eigenvalue weighted by molar-refractivity contribution is 7.93. The zero-order valence-corrected chi connectivity index (χ0v) is 13.6. The van der Waals surface area contributed by atoms with E-state index < -0.39 is 21.7 Å². The van der Waals surface area contributed by atoms with Gasteiger partial charge in [0.25, 0.3) is 15.9 Å². The summed E-state index contributed by atoms with van der Waals surface area (Å²) in [6, 6.07) is 11.2. The second kappa shape index (κ2) is 6.34. The molecule has 0 fully saturated rings. The van der Waals surface area contributed by atoms with E-state index in [1.54, 1.807) is 12.1 Å². The van der Waals surface area contributed by atoms with Crippen molar-refractivity contribution < 1.29 is 17.6 Å². The fourth-order valence-corrected chi connectivity index (χ4v) is 3.43. The Hall–Kier alpha value is -2.47. The van der Waals surface area contributed by atoms with Crippen LogP contribution in [0.2, 0.25) is 0 Å². The highest BCUT2D eigenvalue weighted by atomic mass is 32.2. The summed E-state index contributed by atoms with van der Waals surface area (Å²) in [7, 11) is -4.25. The molecule has 0 aliphatic heterocycles. The monoisotopic (exact) mass is 333 g/mol. The highest BCUT2D eigenvalue weighted by Crippen LogP contribution is 2.27. The first-order chi connectivity index (χ1) is 10.7. The molecule has 0 heterocycles. The third kappa shape index (κ3) is 3.32. The Morgan fingerprint density at radius 1 is 1.09 bits per heavy atom. The average Bonchev–Trinajstić information content (AvgIpc) is 2.49. The Bertz CT molecular complexity index is 858. The molecule has 6 heteroatoms. The first kappa shape index (κ1) is 16.9. The smallest absolute Gasteiger partial charge is 0.268 e. The standard InChI is InChI=1S/C17H16FNO3S/c1-12(2)17(20)19(16-7-5-4-6-15(16)18)23(21,22)14-10-8-13(3)9-11-14/h4-11H,1H2,2-3H3. The van der Waals surface area contributed by atoms with E-state index in [-0.39, 0.29) is 16.2 Å². The van der Waals surface area contributed by atoms with Crippen LogP contribution in [-0.4, -0.2) is 14.3 Å². The maximum absolute atomic E-state index is 14.1. The van der Waals surface area contributed by atoms with Gasteiger partial charge >= 0.3 is 0 Å². The lowest BCUT2D eigenvalue weighted by molar-refractivity contribution is -0.114. The first-order valence-electron chi connectivity index (χ1n) is 6.81. The van der Waals surface area contributed by atoms with Crippen LogP contribution in [0.5, 0.6) is 0 Å². The summed E-state index contributed by atoms with van der Waals surface area (Å²) in [5.74, 6) is -1.69. The van der Waals surface area contributed by atoms with E-state index in [1.165, 1.54) is 37.3 Å². The number of carbonyl (C=O) groups is 1. The van der Waals surface area contributed by atoms with E-state index in [0.29, 0.717) is 4.31 Å². The fourth-order valence-electron chi connectivity index (χ4n) is 1.95. The van der Waals surface area contributed by atoms with Gasteiger partial charge in [0.15, 0.2) is 0 Å². The molecule has 0 saturated heterocycles. The Kier molecular flexibility index (Phi) is 4.65. The molecule has 4 nitrogen and oxygen atoms in total. The van der Waals surface area contributed by atoms with E-state index in [1.807, 2.05) is 6.92 Å². The number of para-hydroxylation sites is 1. The number of amides is 1.